The summed E-state index contributed by atoms with van der Waals surface area (Å²) in [4.78, 5) is 9.23. The highest BCUT2D eigenvalue weighted by atomic mass is 33.1. The highest BCUT2D eigenvalue weighted by molar-refractivity contribution is 8.77. The summed E-state index contributed by atoms with van der Waals surface area (Å²) in [5.41, 5.74) is 0. The number of rotatable bonds is 3. The molecule has 4 nitrogen and oxygen atoms in total. The summed E-state index contributed by atoms with van der Waals surface area (Å²) in [6.07, 6.45) is -0.270. The maximum absolute atomic E-state index is 11.3. The van der Waals surface area contributed by atoms with E-state index in [2.05, 4.69) is 4.52 Å². The fraction of sp³-hybridized carbons (Fsp3) is 1.00. The Bertz CT molecular complexity index is 258. The number of phosphoric acid groups is 1. The molecule has 1 aliphatic rings. The van der Waals surface area contributed by atoms with Crippen LogP contribution in [-0.4, -0.2) is 28.1 Å². The van der Waals surface area contributed by atoms with E-state index in [9.17, 15) is 9.46 Å². The average molecular weight is 258 g/mol. The van der Waals surface area contributed by atoms with Crippen LogP contribution in [-0.2, 0) is 13.6 Å². The second kappa shape index (κ2) is 4.36. The molecule has 14 heavy (non-hydrogen) atoms. The third-order valence-corrected chi connectivity index (χ3v) is 6.76. The molecule has 84 valence electrons. The van der Waals surface area contributed by atoms with Gasteiger partial charge in [0.05, 0.1) is 6.10 Å². The first-order valence-corrected chi connectivity index (χ1v) is 7.91. The molecule has 1 saturated heterocycles. The summed E-state index contributed by atoms with van der Waals surface area (Å²) >= 11 is 0. The van der Waals surface area contributed by atoms with Gasteiger partial charge in [-0.3, -0.25) is 9.05 Å². The van der Waals surface area contributed by atoms with Crippen molar-refractivity contribution < 1.29 is 18.5 Å². The molecule has 1 fully saturated rings. The second-order valence-corrected chi connectivity index (χ2v) is 8.41. The van der Waals surface area contributed by atoms with Crippen molar-refractivity contribution >= 4 is 29.4 Å². The van der Waals surface area contributed by atoms with E-state index in [4.69, 9.17) is 4.52 Å². The van der Waals surface area contributed by atoms with Gasteiger partial charge in [0.25, 0.3) is 0 Å². The molecule has 1 unspecified atom stereocenters. The molecule has 7 heteroatoms. The lowest BCUT2D eigenvalue weighted by atomic mass is 10.0. The van der Waals surface area contributed by atoms with Crippen molar-refractivity contribution in [3.63, 3.8) is 0 Å². The lowest BCUT2D eigenvalue weighted by molar-refractivity contribution is 0.103. The van der Waals surface area contributed by atoms with Gasteiger partial charge in [-0.05, 0) is 20.8 Å². The Hall–Kier alpha value is 0.810. The van der Waals surface area contributed by atoms with Gasteiger partial charge in [0.15, 0.2) is 0 Å². The molecule has 0 saturated carbocycles. The highest BCUT2D eigenvalue weighted by Crippen LogP contribution is 2.57. The quantitative estimate of drug-likeness (QED) is 0.620. The molecule has 1 heterocycles. The average Bonchev–Trinajstić information content (AvgIpc) is 2.32. The van der Waals surface area contributed by atoms with E-state index < -0.39 is 7.82 Å². The van der Waals surface area contributed by atoms with Crippen molar-refractivity contribution in [1.29, 1.82) is 0 Å². The fourth-order valence-corrected chi connectivity index (χ4v) is 5.35. The van der Waals surface area contributed by atoms with E-state index >= 15 is 0 Å². The maximum atomic E-state index is 11.3. The molecule has 0 bridgehead atoms. The molecule has 0 aromatic carbocycles. The molecule has 3 atom stereocenters. The zero-order chi connectivity index (χ0) is 11.0. The second-order valence-electron chi connectivity index (χ2n) is 3.67. The third-order valence-electron chi connectivity index (χ3n) is 2.00. The van der Waals surface area contributed by atoms with Gasteiger partial charge < -0.3 is 4.89 Å². The lowest BCUT2D eigenvalue weighted by Gasteiger charge is -2.27. The third kappa shape index (κ3) is 2.90. The molecule has 0 aromatic heterocycles. The van der Waals surface area contributed by atoms with Crippen LogP contribution < -0.4 is 0 Å². The van der Waals surface area contributed by atoms with Crippen LogP contribution in [0.4, 0.5) is 0 Å². The number of phosphoric ester groups is 1. The smallest absolute Gasteiger partial charge is 0.302 e. The predicted octanol–water partition coefficient (Wildman–Crippen LogP) is 2.68. The Morgan fingerprint density at radius 1 is 1.50 bits per heavy atom. The first kappa shape index (κ1) is 12.9. The van der Waals surface area contributed by atoms with Crippen LogP contribution in [0.2, 0.25) is 0 Å². The van der Waals surface area contributed by atoms with Gasteiger partial charge in [-0.15, -0.1) is 0 Å². The van der Waals surface area contributed by atoms with Gasteiger partial charge in [-0.25, -0.2) is 4.57 Å². The summed E-state index contributed by atoms with van der Waals surface area (Å²) in [6, 6.07) is 0. The molecule has 1 rings (SSSR count). The molecule has 0 aliphatic carbocycles. The first-order chi connectivity index (χ1) is 6.28. The molecular formula is C7H15O4PS2. The van der Waals surface area contributed by atoms with Gasteiger partial charge in [-0.2, -0.15) is 0 Å². The van der Waals surface area contributed by atoms with Crippen molar-refractivity contribution in [2.75, 3.05) is 7.11 Å². The molecule has 0 aromatic rings. The summed E-state index contributed by atoms with van der Waals surface area (Å²) in [6.45, 7) is 5.97. The van der Waals surface area contributed by atoms with Crippen LogP contribution in [0, 0.1) is 0 Å². The summed E-state index contributed by atoms with van der Waals surface area (Å²) < 4.78 is 20.6. The van der Waals surface area contributed by atoms with Crippen LogP contribution >= 0.6 is 29.4 Å². The van der Waals surface area contributed by atoms with E-state index in [1.165, 1.54) is 7.11 Å². The van der Waals surface area contributed by atoms with E-state index in [-0.39, 0.29) is 16.1 Å². The van der Waals surface area contributed by atoms with Crippen LogP contribution in [0.3, 0.4) is 0 Å². The normalized spacial score (nSPS) is 35.5. The molecule has 0 radical (unpaired) electrons. The summed E-state index contributed by atoms with van der Waals surface area (Å²) in [7, 11) is 0.646. The fourth-order valence-electron chi connectivity index (χ4n) is 1.26. The molecule has 0 spiro atoms. The van der Waals surface area contributed by atoms with Gasteiger partial charge in [0.1, 0.15) is 0 Å². The Balaban J connectivity index is 2.72. The zero-order valence-corrected chi connectivity index (χ0v) is 11.1. The van der Waals surface area contributed by atoms with Gasteiger partial charge in [-0.1, -0.05) is 21.6 Å². The van der Waals surface area contributed by atoms with Crippen molar-refractivity contribution in [2.45, 2.75) is 36.9 Å². The number of hydrogen-bond donors (Lipinski definition) is 1. The Morgan fingerprint density at radius 3 is 2.43 bits per heavy atom. The Kier molecular flexibility index (Phi) is 4.01. The summed E-state index contributed by atoms with van der Waals surface area (Å²) in [5.74, 6) is 0. The minimum absolute atomic E-state index is 0.166. The predicted molar refractivity (Wildman–Crippen MR) is 60.4 cm³/mol. The lowest BCUT2D eigenvalue weighted by Crippen LogP contribution is -2.35. The Morgan fingerprint density at radius 2 is 2.07 bits per heavy atom. The maximum Gasteiger partial charge on any atom is 0.472 e. The Labute approximate surface area is 92.1 Å². The van der Waals surface area contributed by atoms with Crippen molar-refractivity contribution in [3.05, 3.63) is 0 Å². The monoisotopic (exact) mass is 258 g/mol. The molecule has 1 aliphatic heterocycles. The standard InChI is InChI=1S/C7H15O4PS2/c1-5-6(7(2,3)14-13-5)11-12(8,9)10-4/h5-6H,1-4H3,(H,8,9)/t5-,6+/m0/s1. The van der Waals surface area contributed by atoms with Crippen LogP contribution in [0.15, 0.2) is 0 Å². The van der Waals surface area contributed by atoms with E-state index in [1.807, 2.05) is 20.8 Å². The van der Waals surface area contributed by atoms with Crippen LogP contribution in [0.25, 0.3) is 0 Å². The van der Waals surface area contributed by atoms with E-state index in [0.29, 0.717) is 0 Å². The molecular weight excluding hydrogens is 243 g/mol. The topological polar surface area (TPSA) is 55.8 Å². The summed E-state index contributed by atoms with van der Waals surface area (Å²) in [5, 5.41) is 0.186. The number of hydrogen-bond acceptors (Lipinski definition) is 5. The minimum atomic E-state index is -3.87. The molecule has 0 amide bonds. The van der Waals surface area contributed by atoms with E-state index in [0.717, 1.165) is 0 Å². The minimum Gasteiger partial charge on any atom is -0.302 e. The van der Waals surface area contributed by atoms with Crippen LogP contribution in [0.5, 0.6) is 0 Å². The SMILES string of the molecule is COP(=O)(O)O[C@@H]1[C@H](C)SSC1(C)C. The van der Waals surface area contributed by atoms with E-state index in [1.54, 1.807) is 21.6 Å². The first-order valence-electron chi connectivity index (χ1n) is 4.20. The van der Waals surface area contributed by atoms with Crippen molar-refractivity contribution in [2.24, 2.45) is 0 Å². The van der Waals surface area contributed by atoms with Gasteiger partial charge in [0.2, 0.25) is 0 Å². The zero-order valence-electron chi connectivity index (χ0n) is 8.59. The van der Waals surface area contributed by atoms with Gasteiger partial charge in [0, 0.05) is 17.1 Å². The van der Waals surface area contributed by atoms with Crippen molar-refractivity contribution in [3.8, 4) is 0 Å². The van der Waals surface area contributed by atoms with Crippen LogP contribution in [0.1, 0.15) is 20.8 Å². The van der Waals surface area contributed by atoms with Crippen molar-refractivity contribution in [1.82, 2.24) is 0 Å². The van der Waals surface area contributed by atoms with Gasteiger partial charge >= 0.3 is 7.82 Å². The largest absolute Gasteiger partial charge is 0.472 e. The molecule has 1 N–H and O–H groups in total. The highest BCUT2D eigenvalue weighted by Gasteiger charge is 2.46.